The maximum absolute atomic E-state index is 13.9. The third kappa shape index (κ3) is 7.58. The molecular formula is C28H43N5O6. The Bertz CT molecular complexity index is 1050. The fourth-order valence-electron chi connectivity index (χ4n) is 5.23. The van der Waals surface area contributed by atoms with Crippen LogP contribution in [0.2, 0.25) is 0 Å². The van der Waals surface area contributed by atoms with Crippen molar-refractivity contribution in [2.75, 3.05) is 13.1 Å². The summed E-state index contributed by atoms with van der Waals surface area (Å²) in [5, 5.41) is 16.3. The molecule has 0 spiro atoms. The van der Waals surface area contributed by atoms with Gasteiger partial charge in [0.25, 0.3) is 5.91 Å². The minimum Gasteiger partial charge on any atom is -0.444 e. The number of Topliss-reactive ketones (excluding diaryl/α,β-unsaturated/α-hetero) is 1. The molecule has 0 aromatic heterocycles. The molecule has 11 nitrogen and oxygen atoms in total. The van der Waals surface area contributed by atoms with E-state index in [4.69, 9.17) is 10.00 Å². The van der Waals surface area contributed by atoms with Crippen LogP contribution in [0.5, 0.6) is 0 Å². The van der Waals surface area contributed by atoms with Crippen molar-refractivity contribution in [1.82, 2.24) is 20.9 Å². The predicted molar refractivity (Wildman–Crippen MR) is 144 cm³/mol. The van der Waals surface area contributed by atoms with Crippen LogP contribution < -0.4 is 16.0 Å². The molecule has 0 radical (unpaired) electrons. The van der Waals surface area contributed by atoms with E-state index in [0.29, 0.717) is 13.0 Å². The van der Waals surface area contributed by atoms with E-state index in [1.165, 1.54) is 4.90 Å². The van der Waals surface area contributed by atoms with Crippen LogP contribution in [0.3, 0.4) is 0 Å². The van der Waals surface area contributed by atoms with Crippen LogP contribution in [0, 0.1) is 34.0 Å². The number of nitrogens with zero attached hydrogens (tertiary/aromatic N) is 2. The maximum Gasteiger partial charge on any atom is 0.408 e. The van der Waals surface area contributed by atoms with Gasteiger partial charge < -0.3 is 25.6 Å². The number of likely N-dealkylation sites (tertiary alicyclic amines) is 1. The lowest BCUT2D eigenvalue weighted by molar-refractivity contribution is -0.145. The maximum atomic E-state index is 13.9. The zero-order valence-electron chi connectivity index (χ0n) is 24.3. The summed E-state index contributed by atoms with van der Waals surface area (Å²) in [4.78, 5) is 66.7. The first-order valence-corrected chi connectivity index (χ1v) is 13.3. The summed E-state index contributed by atoms with van der Waals surface area (Å²) in [6.45, 7) is 18.3. The number of rotatable bonds is 10. The van der Waals surface area contributed by atoms with Crippen molar-refractivity contribution in [2.45, 2.75) is 92.0 Å². The van der Waals surface area contributed by atoms with Crippen LogP contribution in [0.15, 0.2) is 12.7 Å². The number of carbonyl (C=O) groups is 5. The van der Waals surface area contributed by atoms with Gasteiger partial charge in [-0.25, -0.2) is 4.79 Å². The SMILES string of the molecule is C=CCCC(NC(=O)[C@@H]1[C@@H]2[C@H](CN1C(=O)[C@@H](NC(=O)OC(C)(C)C)C(C)(C)C)C2(C)C)C(=O)C(=O)NCC#N. The number of amides is 4. The number of nitrogens with one attached hydrogen (secondary N) is 3. The van der Waals surface area contributed by atoms with Crippen LogP contribution in [0.25, 0.3) is 0 Å². The number of hydrogen-bond donors (Lipinski definition) is 3. The van der Waals surface area contributed by atoms with E-state index >= 15 is 0 Å². The summed E-state index contributed by atoms with van der Waals surface area (Å²) in [6.07, 6.45) is 1.33. The monoisotopic (exact) mass is 545 g/mol. The first kappa shape index (κ1) is 31.8. The third-order valence-electron chi connectivity index (χ3n) is 7.38. The van der Waals surface area contributed by atoms with Gasteiger partial charge in [0.1, 0.15) is 24.2 Å². The highest BCUT2D eigenvalue weighted by Crippen LogP contribution is 2.65. The lowest BCUT2D eigenvalue weighted by atomic mass is 9.85. The van der Waals surface area contributed by atoms with Gasteiger partial charge in [0.15, 0.2) is 0 Å². The second kappa shape index (κ2) is 11.8. The van der Waals surface area contributed by atoms with Gasteiger partial charge in [0.2, 0.25) is 17.6 Å². The molecule has 1 aliphatic carbocycles. The molecule has 5 atom stereocenters. The van der Waals surface area contributed by atoms with Crippen molar-refractivity contribution in [1.29, 1.82) is 5.26 Å². The third-order valence-corrected chi connectivity index (χ3v) is 7.38. The Labute approximate surface area is 231 Å². The summed E-state index contributed by atoms with van der Waals surface area (Å²) >= 11 is 0. The Morgan fingerprint density at radius 1 is 1.13 bits per heavy atom. The number of ketones is 1. The van der Waals surface area contributed by atoms with E-state index in [1.54, 1.807) is 32.9 Å². The number of fused-ring (bicyclic) bond motifs is 1. The molecule has 11 heteroatoms. The van der Waals surface area contributed by atoms with Crippen molar-refractivity contribution in [3.8, 4) is 6.07 Å². The Balaban J connectivity index is 2.32. The van der Waals surface area contributed by atoms with Crippen LogP contribution in [0.1, 0.15) is 68.2 Å². The Morgan fingerprint density at radius 3 is 2.26 bits per heavy atom. The molecule has 1 saturated heterocycles. The molecule has 2 aliphatic rings. The number of alkyl carbamates (subject to hydrolysis) is 1. The van der Waals surface area contributed by atoms with Crippen molar-refractivity contribution in [3.05, 3.63) is 12.7 Å². The lowest BCUT2D eigenvalue weighted by Crippen LogP contribution is -2.60. The molecule has 3 N–H and O–H groups in total. The molecule has 0 bridgehead atoms. The standard InChI is InChI=1S/C28H43N5O6/c1-10-11-12-17(20(34)23(36)30-14-13-29)31-22(35)19-18-16(28(18,8)9)15-33(19)24(37)21(26(2,3)4)32-25(38)39-27(5,6)7/h10,16-19,21H,1,11-12,14-15H2,2-9H3,(H,30,36)(H,31,35)(H,32,38)/t16-,17?,18-,19-,21+/m0/s1. The number of allylic oxidation sites excluding steroid dienone is 1. The molecule has 0 aromatic rings. The van der Waals surface area contributed by atoms with Crippen molar-refractivity contribution in [2.24, 2.45) is 22.7 Å². The van der Waals surface area contributed by atoms with Crippen molar-refractivity contribution in [3.63, 3.8) is 0 Å². The first-order valence-electron chi connectivity index (χ1n) is 13.3. The van der Waals surface area contributed by atoms with Gasteiger partial charge in [0.05, 0.1) is 12.1 Å². The molecule has 39 heavy (non-hydrogen) atoms. The largest absolute Gasteiger partial charge is 0.444 e. The molecule has 0 aromatic carbocycles. The van der Waals surface area contributed by atoms with Gasteiger partial charge in [0, 0.05) is 6.54 Å². The zero-order valence-corrected chi connectivity index (χ0v) is 24.3. The molecule has 1 saturated carbocycles. The molecular weight excluding hydrogens is 502 g/mol. The minimum absolute atomic E-state index is 0.0700. The highest BCUT2D eigenvalue weighted by atomic mass is 16.6. The summed E-state index contributed by atoms with van der Waals surface area (Å²) < 4.78 is 5.38. The predicted octanol–water partition coefficient (Wildman–Crippen LogP) is 2.07. The number of ether oxygens (including phenoxy) is 1. The van der Waals surface area contributed by atoms with E-state index in [-0.39, 0.29) is 30.2 Å². The quantitative estimate of drug-likeness (QED) is 0.215. The summed E-state index contributed by atoms with van der Waals surface area (Å²) in [6, 6.07) is -1.27. The number of piperidine rings is 1. The van der Waals surface area contributed by atoms with Crippen LogP contribution in [-0.4, -0.2) is 71.3 Å². The summed E-state index contributed by atoms with van der Waals surface area (Å²) in [5.41, 5.74) is -1.65. The van der Waals surface area contributed by atoms with Gasteiger partial charge in [-0.2, -0.15) is 5.26 Å². The van der Waals surface area contributed by atoms with Crippen LogP contribution in [0.4, 0.5) is 4.79 Å². The summed E-state index contributed by atoms with van der Waals surface area (Å²) in [5.74, 6) is -2.88. The first-order chi connectivity index (χ1) is 17.9. The van der Waals surface area contributed by atoms with E-state index in [1.807, 2.05) is 34.6 Å². The molecule has 1 heterocycles. The molecule has 1 aliphatic heterocycles. The van der Waals surface area contributed by atoms with Crippen molar-refractivity contribution < 1.29 is 28.7 Å². The second-order valence-electron chi connectivity index (χ2n) is 13.0. The summed E-state index contributed by atoms with van der Waals surface area (Å²) in [7, 11) is 0. The Morgan fingerprint density at radius 2 is 1.74 bits per heavy atom. The van der Waals surface area contributed by atoms with E-state index < -0.39 is 58.7 Å². The van der Waals surface area contributed by atoms with Crippen LogP contribution in [-0.2, 0) is 23.9 Å². The number of carbonyl (C=O) groups excluding carboxylic acids is 5. The average molecular weight is 546 g/mol. The topological polar surface area (TPSA) is 158 Å². The van der Waals surface area contributed by atoms with Crippen LogP contribution >= 0.6 is 0 Å². The van der Waals surface area contributed by atoms with Gasteiger partial charge in [-0.05, 0) is 56.3 Å². The normalized spacial score (nSPS) is 22.8. The van der Waals surface area contributed by atoms with Gasteiger partial charge in [-0.3, -0.25) is 19.2 Å². The number of hydrogen-bond acceptors (Lipinski definition) is 7. The molecule has 4 amide bonds. The molecule has 2 rings (SSSR count). The fourth-order valence-corrected chi connectivity index (χ4v) is 5.23. The molecule has 2 fully saturated rings. The molecule has 216 valence electrons. The van der Waals surface area contributed by atoms with Crippen molar-refractivity contribution >= 4 is 29.6 Å². The zero-order chi connectivity index (χ0) is 29.9. The van der Waals surface area contributed by atoms with Gasteiger partial charge >= 0.3 is 6.09 Å². The number of nitriles is 1. The smallest absolute Gasteiger partial charge is 0.408 e. The highest BCUT2D eigenvalue weighted by molar-refractivity contribution is 6.38. The lowest BCUT2D eigenvalue weighted by Gasteiger charge is -2.38. The van der Waals surface area contributed by atoms with E-state index in [0.717, 1.165) is 0 Å². The Kier molecular flexibility index (Phi) is 9.59. The Hall–Kier alpha value is -3.42. The molecule has 1 unspecified atom stereocenters. The van der Waals surface area contributed by atoms with Gasteiger partial charge in [-0.15, -0.1) is 6.58 Å². The second-order valence-corrected chi connectivity index (χ2v) is 13.0. The average Bonchev–Trinajstić information content (AvgIpc) is 3.14. The van der Waals surface area contributed by atoms with E-state index in [9.17, 15) is 24.0 Å². The fraction of sp³-hybridized carbons (Fsp3) is 0.714. The minimum atomic E-state index is -1.15. The highest BCUT2D eigenvalue weighted by Gasteiger charge is 2.70. The van der Waals surface area contributed by atoms with E-state index in [2.05, 4.69) is 22.5 Å². The van der Waals surface area contributed by atoms with Gasteiger partial charge in [-0.1, -0.05) is 40.7 Å².